The lowest BCUT2D eigenvalue weighted by molar-refractivity contribution is 0.375. The summed E-state index contributed by atoms with van der Waals surface area (Å²) in [6.07, 6.45) is 2.05. The monoisotopic (exact) mass is 260 g/mol. The molecular formula is C16H21FN2. The van der Waals surface area contributed by atoms with E-state index in [4.69, 9.17) is 5.26 Å². The van der Waals surface area contributed by atoms with Crippen molar-refractivity contribution in [2.75, 3.05) is 11.4 Å². The zero-order chi connectivity index (χ0) is 14.2. The molecule has 0 bridgehead atoms. The normalized spacial score (nSPS) is 20.8. The number of halogens is 1. The van der Waals surface area contributed by atoms with Gasteiger partial charge < -0.3 is 4.90 Å². The molecule has 1 aromatic rings. The minimum Gasteiger partial charge on any atom is -0.366 e. The highest BCUT2D eigenvalue weighted by atomic mass is 19.1. The van der Waals surface area contributed by atoms with Crippen LogP contribution in [-0.4, -0.2) is 12.1 Å². The topological polar surface area (TPSA) is 27.0 Å². The Bertz CT molecular complexity index is 528. The van der Waals surface area contributed by atoms with Crippen LogP contribution in [0.25, 0.3) is 0 Å². The molecule has 2 nitrogen and oxygen atoms in total. The highest BCUT2D eigenvalue weighted by molar-refractivity contribution is 5.62. The van der Waals surface area contributed by atoms with Crippen molar-refractivity contribution in [2.24, 2.45) is 0 Å². The van der Waals surface area contributed by atoms with E-state index in [1.54, 1.807) is 12.1 Å². The molecular weight excluding hydrogens is 239 g/mol. The molecule has 1 aliphatic rings. The third-order valence-electron chi connectivity index (χ3n) is 4.04. The molecule has 19 heavy (non-hydrogen) atoms. The fraction of sp³-hybridized carbons (Fsp3) is 0.562. The highest BCUT2D eigenvalue weighted by Crippen LogP contribution is 2.44. The van der Waals surface area contributed by atoms with Crippen LogP contribution in [0.3, 0.4) is 0 Å². The Morgan fingerprint density at radius 3 is 2.74 bits per heavy atom. The molecule has 0 spiro atoms. The van der Waals surface area contributed by atoms with Crippen molar-refractivity contribution >= 4 is 5.69 Å². The fourth-order valence-electron chi connectivity index (χ4n) is 3.24. The van der Waals surface area contributed by atoms with Gasteiger partial charge in [0.15, 0.2) is 0 Å². The van der Waals surface area contributed by atoms with Crippen LogP contribution in [0.4, 0.5) is 10.1 Å². The van der Waals surface area contributed by atoms with Crippen LogP contribution in [0.1, 0.15) is 57.6 Å². The lowest BCUT2D eigenvalue weighted by Crippen LogP contribution is -2.48. The molecule has 0 fully saturated rings. The predicted molar refractivity (Wildman–Crippen MR) is 75.9 cm³/mol. The van der Waals surface area contributed by atoms with Crippen molar-refractivity contribution in [1.82, 2.24) is 0 Å². The number of hydrogen-bond donors (Lipinski definition) is 0. The minimum atomic E-state index is -0.410. The quantitative estimate of drug-likeness (QED) is 0.796. The second-order valence-electron chi connectivity index (χ2n) is 6.07. The van der Waals surface area contributed by atoms with Gasteiger partial charge in [-0.3, -0.25) is 0 Å². The van der Waals surface area contributed by atoms with Crippen molar-refractivity contribution in [3.63, 3.8) is 0 Å². The van der Waals surface area contributed by atoms with Gasteiger partial charge in [0.2, 0.25) is 0 Å². The maximum Gasteiger partial charge on any atom is 0.143 e. The molecule has 0 radical (unpaired) electrons. The summed E-state index contributed by atoms with van der Waals surface area (Å²) in [6.45, 7) is 9.62. The Morgan fingerprint density at radius 2 is 2.16 bits per heavy atom. The summed E-state index contributed by atoms with van der Waals surface area (Å²) >= 11 is 0. The van der Waals surface area contributed by atoms with Gasteiger partial charge in [-0.25, -0.2) is 4.39 Å². The van der Waals surface area contributed by atoms with Gasteiger partial charge in [0, 0.05) is 17.8 Å². The summed E-state index contributed by atoms with van der Waals surface area (Å²) < 4.78 is 13.9. The molecule has 0 aromatic heterocycles. The van der Waals surface area contributed by atoms with Crippen LogP contribution in [-0.2, 0) is 0 Å². The third-order valence-corrected chi connectivity index (χ3v) is 4.04. The van der Waals surface area contributed by atoms with Crippen LogP contribution in [0.2, 0.25) is 0 Å². The van der Waals surface area contributed by atoms with Crippen molar-refractivity contribution in [1.29, 1.82) is 5.26 Å². The molecule has 1 aliphatic heterocycles. The van der Waals surface area contributed by atoms with E-state index in [9.17, 15) is 4.39 Å². The number of benzene rings is 1. The van der Waals surface area contributed by atoms with Crippen molar-refractivity contribution in [2.45, 2.75) is 52.0 Å². The molecule has 3 heteroatoms. The van der Waals surface area contributed by atoms with Gasteiger partial charge in [-0.05, 0) is 50.3 Å². The Hall–Kier alpha value is -1.56. The van der Waals surface area contributed by atoms with E-state index in [0.717, 1.165) is 30.6 Å². The number of rotatable bonds is 2. The van der Waals surface area contributed by atoms with Crippen LogP contribution in [0.5, 0.6) is 0 Å². The first-order valence-electron chi connectivity index (χ1n) is 6.92. The van der Waals surface area contributed by atoms with Gasteiger partial charge in [0.25, 0.3) is 0 Å². The molecule has 0 unspecified atom stereocenters. The summed E-state index contributed by atoms with van der Waals surface area (Å²) in [5, 5.41) is 8.97. The largest absolute Gasteiger partial charge is 0.366 e. The smallest absolute Gasteiger partial charge is 0.143 e. The Morgan fingerprint density at radius 1 is 1.47 bits per heavy atom. The maximum atomic E-state index is 13.9. The Balaban J connectivity index is 2.59. The molecule has 102 valence electrons. The minimum absolute atomic E-state index is 0.0308. The molecule has 0 N–H and O–H groups in total. The second-order valence-corrected chi connectivity index (χ2v) is 6.07. The van der Waals surface area contributed by atoms with Gasteiger partial charge in [-0.15, -0.1) is 0 Å². The average molecular weight is 260 g/mol. The number of anilines is 1. The number of fused-ring (bicyclic) bond motifs is 1. The first kappa shape index (κ1) is 13.9. The molecule has 0 saturated carbocycles. The summed E-state index contributed by atoms with van der Waals surface area (Å²) in [5.41, 5.74) is 2.25. The lowest BCUT2D eigenvalue weighted by atomic mass is 9.79. The van der Waals surface area contributed by atoms with Gasteiger partial charge in [0.05, 0.1) is 5.56 Å². The fourth-order valence-corrected chi connectivity index (χ4v) is 3.24. The summed E-state index contributed by atoms with van der Waals surface area (Å²) in [4.78, 5) is 2.28. The van der Waals surface area contributed by atoms with Crippen LogP contribution in [0.15, 0.2) is 12.1 Å². The molecule has 1 atom stereocenters. The molecule has 1 heterocycles. The third kappa shape index (κ3) is 2.32. The lowest BCUT2D eigenvalue weighted by Gasteiger charge is -2.47. The highest BCUT2D eigenvalue weighted by Gasteiger charge is 2.36. The van der Waals surface area contributed by atoms with Crippen molar-refractivity contribution in [3.05, 3.63) is 29.1 Å². The van der Waals surface area contributed by atoms with E-state index >= 15 is 0 Å². The summed E-state index contributed by atoms with van der Waals surface area (Å²) in [5.74, 6) is -0.0574. The second kappa shape index (κ2) is 4.85. The van der Waals surface area contributed by atoms with E-state index < -0.39 is 5.82 Å². The van der Waals surface area contributed by atoms with Crippen LogP contribution < -0.4 is 4.90 Å². The molecule has 1 aromatic carbocycles. The first-order valence-corrected chi connectivity index (χ1v) is 6.92. The standard InChI is InChI=1S/C16H21FN2/c1-5-6-19-15-8-14(17)12(10-18)7-13(15)11(2)9-16(19,3)4/h7-8,11H,5-6,9H2,1-4H3/t11-/m0/s1. The Labute approximate surface area is 114 Å². The van der Waals surface area contributed by atoms with E-state index in [-0.39, 0.29) is 11.1 Å². The number of hydrogen-bond acceptors (Lipinski definition) is 2. The van der Waals surface area contributed by atoms with Crippen molar-refractivity contribution in [3.8, 4) is 6.07 Å². The summed E-state index contributed by atoms with van der Waals surface area (Å²) in [6, 6.07) is 5.21. The average Bonchev–Trinajstić information content (AvgIpc) is 2.33. The van der Waals surface area contributed by atoms with E-state index in [2.05, 4.69) is 32.6 Å². The molecule has 2 rings (SSSR count). The van der Waals surface area contributed by atoms with Gasteiger partial charge >= 0.3 is 0 Å². The zero-order valence-electron chi connectivity index (χ0n) is 12.1. The number of nitriles is 1. The van der Waals surface area contributed by atoms with Gasteiger partial charge in [-0.2, -0.15) is 5.26 Å². The maximum absolute atomic E-state index is 13.9. The molecule has 0 aliphatic carbocycles. The molecule has 0 amide bonds. The van der Waals surface area contributed by atoms with Crippen molar-refractivity contribution < 1.29 is 4.39 Å². The summed E-state index contributed by atoms with van der Waals surface area (Å²) in [7, 11) is 0. The first-order chi connectivity index (χ1) is 8.90. The van der Waals surface area contributed by atoms with E-state index in [1.165, 1.54) is 0 Å². The van der Waals surface area contributed by atoms with Crippen LogP contribution in [0, 0.1) is 17.1 Å². The Kier molecular flexibility index (Phi) is 3.54. The van der Waals surface area contributed by atoms with Crippen LogP contribution >= 0.6 is 0 Å². The SMILES string of the molecule is CCCN1c2cc(F)c(C#N)cc2[C@@H](C)CC1(C)C. The molecule has 0 saturated heterocycles. The van der Waals surface area contributed by atoms with Gasteiger partial charge in [0.1, 0.15) is 11.9 Å². The zero-order valence-corrected chi connectivity index (χ0v) is 12.1. The van der Waals surface area contributed by atoms with E-state index in [0.29, 0.717) is 5.92 Å². The predicted octanol–water partition coefficient (Wildman–Crippen LogP) is 4.20. The number of nitrogens with zero attached hydrogens (tertiary/aromatic N) is 2. The van der Waals surface area contributed by atoms with E-state index in [1.807, 2.05) is 6.07 Å². The van der Waals surface area contributed by atoms with Gasteiger partial charge in [-0.1, -0.05) is 13.8 Å².